The molecule has 2 rings (SSSR count). The highest BCUT2D eigenvalue weighted by Gasteiger charge is 2.02. The van der Waals surface area contributed by atoms with Gasteiger partial charge < -0.3 is 5.32 Å². The number of hydrogen-bond acceptors (Lipinski definition) is 2. The number of nitrogens with zero attached hydrogens (tertiary/aromatic N) is 1. The summed E-state index contributed by atoms with van der Waals surface area (Å²) in [6, 6.07) is 13.9. The third-order valence-corrected chi connectivity index (χ3v) is 4.04. The fourth-order valence-corrected chi connectivity index (χ4v) is 2.33. The van der Waals surface area contributed by atoms with Crippen LogP contribution in [0.4, 0.5) is 5.69 Å². The molecule has 0 radical (unpaired) electrons. The maximum Gasteiger partial charge on any atom is 0.191 e. The third kappa shape index (κ3) is 4.37. The standard InChI is InChI=1S/C16H16BrN3S/c1-11-6-5-9-15(12(11)2)19-16(21)20-18-10-13-7-3-4-8-14(13)17/h3-10H,1-2H3,(H2,19,20,21). The van der Waals surface area contributed by atoms with Gasteiger partial charge in [-0.1, -0.05) is 46.3 Å². The number of nitrogens with one attached hydrogen (secondary N) is 2. The number of thiocarbonyl (C=S) groups is 1. The van der Waals surface area contributed by atoms with Gasteiger partial charge in [-0.3, -0.25) is 5.43 Å². The molecule has 0 bridgehead atoms. The van der Waals surface area contributed by atoms with Gasteiger partial charge in [-0.05, 0) is 49.3 Å². The lowest BCUT2D eigenvalue weighted by Gasteiger charge is -2.11. The number of benzene rings is 2. The lowest BCUT2D eigenvalue weighted by atomic mass is 10.1. The average Bonchev–Trinajstić information content (AvgIpc) is 2.46. The maximum absolute atomic E-state index is 5.24. The van der Waals surface area contributed by atoms with Gasteiger partial charge in [0.05, 0.1) is 6.21 Å². The number of hydrogen-bond donors (Lipinski definition) is 2. The molecule has 0 aliphatic heterocycles. The Morgan fingerprint density at radius 2 is 1.90 bits per heavy atom. The summed E-state index contributed by atoms with van der Waals surface area (Å²) in [5.41, 5.74) is 7.20. The molecule has 0 atom stereocenters. The van der Waals surface area contributed by atoms with Gasteiger partial charge >= 0.3 is 0 Å². The van der Waals surface area contributed by atoms with Gasteiger partial charge in [0.1, 0.15) is 0 Å². The van der Waals surface area contributed by atoms with E-state index < -0.39 is 0 Å². The van der Waals surface area contributed by atoms with E-state index in [2.05, 4.69) is 51.7 Å². The SMILES string of the molecule is Cc1cccc(NC(=S)NN=Cc2ccccc2Br)c1C. The van der Waals surface area contributed by atoms with Crippen LogP contribution in [0.25, 0.3) is 0 Å². The topological polar surface area (TPSA) is 36.4 Å². The second-order valence-electron chi connectivity index (χ2n) is 4.59. The first-order valence-corrected chi connectivity index (χ1v) is 7.69. The number of anilines is 1. The summed E-state index contributed by atoms with van der Waals surface area (Å²) in [4.78, 5) is 0. The van der Waals surface area contributed by atoms with Gasteiger partial charge in [-0.25, -0.2) is 0 Å². The predicted molar refractivity (Wildman–Crippen MR) is 97.0 cm³/mol. The summed E-state index contributed by atoms with van der Waals surface area (Å²) in [5, 5.41) is 7.75. The Kier molecular flexibility index (Phi) is 5.47. The number of rotatable bonds is 3. The summed E-state index contributed by atoms with van der Waals surface area (Å²) >= 11 is 8.71. The lowest BCUT2D eigenvalue weighted by molar-refractivity contribution is 1.05. The lowest BCUT2D eigenvalue weighted by Crippen LogP contribution is -2.24. The van der Waals surface area contributed by atoms with Crippen molar-refractivity contribution in [2.75, 3.05) is 5.32 Å². The minimum atomic E-state index is 0.465. The van der Waals surface area contributed by atoms with Crippen LogP contribution in [-0.4, -0.2) is 11.3 Å². The van der Waals surface area contributed by atoms with Crippen LogP contribution >= 0.6 is 28.1 Å². The van der Waals surface area contributed by atoms with E-state index in [1.54, 1.807) is 6.21 Å². The summed E-state index contributed by atoms with van der Waals surface area (Å²) in [6.07, 6.45) is 1.72. The van der Waals surface area contributed by atoms with Crippen molar-refractivity contribution in [2.24, 2.45) is 5.10 Å². The van der Waals surface area contributed by atoms with Gasteiger partial charge in [0.25, 0.3) is 0 Å². The monoisotopic (exact) mass is 361 g/mol. The zero-order valence-electron chi connectivity index (χ0n) is 11.9. The highest BCUT2D eigenvalue weighted by molar-refractivity contribution is 9.10. The van der Waals surface area contributed by atoms with E-state index in [4.69, 9.17) is 12.2 Å². The Bertz CT molecular complexity index is 683. The van der Waals surface area contributed by atoms with Crippen molar-refractivity contribution in [3.63, 3.8) is 0 Å². The summed E-state index contributed by atoms with van der Waals surface area (Å²) in [5.74, 6) is 0. The molecular formula is C16H16BrN3S. The molecule has 0 aliphatic rings. The van der Waals surface area contributed by atoms with Crippen LogP contribution in [0.3, 0.4) is 0 Å². The van der Waals surface area contributed by atoms with Crippen LogP contribution in [0.15, 0.2) is 52.0 Å². The van der Waals surface area contributed by atoms with Crippen LogP contribution in [0.1, 0.15) is 16.7 Å². The van der Waals surface area contributed by atoms with Crippen molar-refractivity contribution >= 4 is 45.2 Å². The van der Waals surface area contributed by atoms with Crippen molar-refractivity contribution in [2.45, 2.75) is 13.8 Å². The van der Waals surface area contributed by atoms with E-state index in [0.717, 1.165) is 15.7 Å². The van der Waals surface area contributed by atoms with Crippen LogP contribution in [-0.2, 0) is 0 Å². The minimum absolute atomic E-state index is 0.465. The second-order valence-corrected chi connectivity index (χ2v) is 5.86. The molecule has 0 heterocycles. The zero-order chi connectivity index (χ0) is 15.2. The smallest absolute Gasteiger partial charge is 0.191 e. The molecule has 3 nitrogen and oxygen atoms in total. The zero-order valence-corrected chi connectivity index (χ0v) is 14.3. The Morgan fingerprint density at radius 3 is 2.67 bits per heavy atom. The van der Waals surface area contributed by atoms with E-state index in [1.165, 1.54) is 11.1 Å². The molecule has 21 heavy (non-hydrogen) atoms. The highest BCUT2D eigenvalue weighted by atomic mass is 79.9. The van der Waals surface area contributed by atoms with Gasteiger partial charge in [-0.2, -0.15) is 5.10 Å². The van der Waals surface area contributed by atoms with Gasteiger partial charge in [0.2, 0.25) is 0 Å². The largest absolute Gasteiger partial charge is 0.331 e. The van der Waals surface area contributed by atoms with Crippen molar-refractivity contribution in [1.82, 2.24) is 5.43 Å². The molecule has 5 heteroatoms. The number of halogens is 1. The normalized spacial score (nSPS) is 10.6. The summed E-state index contributed by atoms with van der Waals surface area (Å²) in [6.45, 7) is 4.13. The molecular weight excluding hydrogens is 346 g/mol. The van der Waals surface area contributed by atoms with Crippen molar-refractivity contribution < 1.29 is 0 Å². The molecule has 0 amide bonds. The first-order valence-electron chi connectivity index (χ1n) is 6.48. The van der Waals surface area contributed by atoms with E-state index in [1.807, 2.05) is 36.4 Å². The fourth-order valence-electron chi connectivity index (χ4n) is 1.78. The maximum atomic E-state index is 5.24. The molecule has 0 saturated heterocycles. The first kappa shape index (κ1) is 15.7. The highest BCUT2D eigenvalue weighted by Crippen LogP contribution is 2.17. The molecule has 2 N–H and O–H groups in total. The molecule has 0 spiro atoms. The number of aryl methyl sites for hydroxylation is 1. The Hall–Kier alpha value is -1.72. The van der Waals surface area contributed by atoms with Crippen molar-refractivity contribution in [3.8, 4) is 0 Å². The molecule has 0 aliphatic carbocycles. The number of hydrazone groups is 1. The quantitative estimate of drug-likeness (QED) is 0.483. The van der Waals surface area contributed by atoms with Gasteiger partial charge in [0.15, 0.2) is 5.11 Å². The predicted octanol–water partition coefficient (Wildman–Crippen LogP) is 4.39. The molecule has 0 fully saturated rings. The summed E-state index contributed by atoms with van der Waals surface area (Å²) in [7, 11) is 0. The van der Waals surface area contributed by atoms with E-state index in [-0.39, 0.29) is 0 Å². The Balaban J connectivity index is 1.97. The van der Waals surface area contributed by atoms with Crippen molar-refractivity contribution in [3.05, 3.63) is 63.6 Å². The molecule has 2 aromatic rings. The molecule has 0 saturated carbocycles. The second kappa shape index (κ2) is 7.33. The van der Waals surface area contributed by atoms with E-state index in [9.17, 15) is 0 Å². The Morgan fingerprint density at radius 1 is 1.14 bits per heavy atom. The summed E-state index contributed by atoms with van der Waals surface area (Å²) < 4.78 is 0.990. The van der Waals surface area contributed by atoms with Gasteiger partial charge in [-0.15, -0.1) is 0 Å². The molecule has 0 unspecified atom stereocenters. The van der Waals surface area contributed by atoms with Gasteiger partial charge in [0, 0.05) is 15.7 Å². The van der Waals surface area contributed by atoms with E-state index in [0.29, 0.717) is 5.11 Å². The first-order chi connectivity index (χ1) is 10.1. The van der Waals surface area contributed by atoms with Crippen LogP contribution < -0.4 is 10.7 Å². The third-order valence-electron chi connectivity index (χ3n) is 3.13. The van der Waals surface area contributed by atoms with Crippen LogP contribution in [0, 0.1) is 13.8 Å². The van der Waals surface area contributed by atoms with Crippen molar-refractivity contribution in [1.29, 1.82) is 0 Å². The minimum Gasteiger partial charge on any atom is -0.331 e. The molecule has 2 aromatic carbocycles. The molecule has 0 aromatic heterocycles. The van der Waals surface area contributed by atoms with Crippen LogP contribution in [0.5, 0.6) is 0 Å². The Labute approximate surface area is 138 Å². The van der Waals surface area contributed by atoms with E-state index >= 15 is 0 Å². The molecule has 108 valence electrons. The van der Waals surface area contributed by atoms with Crippen LogP contribution in [0.2, 0.25) is 0 Å². The fraction of sp³-hybridized carbons (Fsp3) is 0.125. The average molecular weight is 362 g/mol.